The number of aromatic nitrogens is 1. The van der Waals surface area contributed by atoms with Gasteiger partial charge in [-0.05, 0) is 39.0 Å². The van der Waals surface area contributed by atoms with Crippen LogP contribution in [-0.4, -0.2) is 24.3 Å². The van der Waals surface area contributed by atoms with Crippen molar-refractivity contribution in [2.75, 3.05) is 13.7 Å². The van der Waals surface area contributed by atoms with Gasteiger partial charge in [0.25, 0.3) is 5.56 Å². The molecule has 0 aliphatic carbocycles. The number of para-hydroxylation sites is 1. The fourth-order valence-electron chi connectivity index (χ4n) is 3.64. The lowest BCUT2D eigenvalue weighted by Crippen LogP contribution is -2.40. The first kappa shape index (κ1) is 20.9. The SMILES string of the molecule is CCOC(=O)C1=C(C)N=c2s/c(=C\c3ccc(C)o3)c(=O)n2[C@@H]1c1ccccc1OC. The Labute approximate surface area is 182 Å². The van der Waals surface area contributed by atoms with Crippen LogP contribution in [0.25, 0.3) is 6.08 Å². The number of rotatable bonds is 5. The third-order valence-corrected chi connectivity index (χ3v) is 5.97. The summed E-state index contributed by atoms with van der Waals surface area (Å²) in [6.07, 6.45) is 1.69. The molecule has 0 saturated heterocycles. The van der Waals surface area contributed by atoms with Crippen LogP contribution in [0, 0.1) is 6.92 Å². The second-order valence-corrected chi connectivity index (χ2v) is 8.00. The average molecular weight is 439 g/mol. The summed E-state index contributed by atoms with van der Waals surface area (Å²) in [4.78, 5) is 31.4. The molecule has 0 fully saturated rings. The van der Waals surface area contributed by atoms with Gasteiger partial charge in [0.05, 0.1) is 29.5 Å². The molecule has 3 heterocycles. The lowest BCUT2D eigenvalue weighted by molar-refractivity contribution is -0.139. The minimum atomic E-state index is -0.716. The highest BCUT2D eigenvalue weighted by molar-refractivity contribution is 7.07. The monoisotopic (exact) mass is 438 g/mol. The highest BCUT2D eigenvalue weighted by Crippen LogP contribution is 2.35. The standard InChI is InChI=1S/C23H22N2O5S/c1-5-29-22(27)19-14(3)24-23-25(20(19)16-8-6-7-9-17(16)28-4)21(26)18(31-23)12-15-11-10-13(2)30-15/h6-12,20H,5H2,1-4H3/b18-12-/t20-/m1/s1. The van der Waals surface area contributed by atoms with E-state index in [-0.39, 0.29) is 12.2 Å². The van der Waals surface area contributed by atoms with E-state index in [1.807, 2.05) is 31.2 Å². The van der Waals surface area contributed by atoms with Crippen LogP contribution >= 0.6 is 11.3 Å². The lowest BCUT2D eigenvalue weighted by Gasteiger charge is -2.25. The molecule has 8 heteroatoms. The number of hydrogen-bond donors (Lipinski definition) is 0. The number of fused-ring (bicyclic) bond motifs is 1. The zero-order valence-electron chi connectivity index (χ0n) is 17.7. The normalized spacial score (nSPS) is 16.1. The van der Waals surface area contributed by atoms with Crippen molar-refractivity contribution in [3.8, 4) is 5.75 Å². The van der Waals surface area contributed by atoms with Crippen molar-refractivity contribution < 1.29 is 18.7 Å². The maximum absolute atomic E-state index is 13.5. The van der Waals surface area contributed by atoms with Gasteiger partial charge < -0.3 is 13.9 Å². The van der Waals surface area contributed by atoms with Gasteiger partial charge in [0.1, 0.15) is 23.3 Å². The molecule has 31 heavy (non-hydrogen) atoms. The van der Waals surface area contributed by atoms with Gasteiger partial charge >= 0.3 is 5.97 Å². The molecule has 0 bridgehead atoms. The Morgan fingerprint density at radius 2 is 2.03 bits per heavy atom. The number of methoxy groups -OCH3 is 1. The van der Waals surface area contributed by atoms with Gasteiger partial charge in [0.15, 0.2) is 4.80 Å². The van der Waals surface area contributed by atoms with Crippen LogP contribution in [0.2, 0.25) is 0 Å². The maximum atomic E-state index is 13.5. The predicted octanol–water partition coefficient (Wildman–Crippen LogP) is 2.71. The molecule has 2 aromatic heterocycles. The van der Waals surface area contributed by atoms with Crippen LogP contribution in [0.5, 0.6) is 5.75 Å². The van der Waals surface area contributed by atoms with Crippen LogP contribution in [-0.2, 0) is 9.53 Å². The second-order valence-electron chi connectivity index (χ2n) is 6.99. The number of aryl methyl sites for hydroxylation is 1. The summed E-state index contributed by atoms with van der Waals surface area (Å²) in [6, 6.07) is 10.3. The van der Waals surface area contributed by atoms with Gasteiger partial charge in [-0.2, -0.15) is 0 Å². The third kappa shape index (κ3) is 3.74. The highest BCUT2D eigenvalue weighted by Gasteiger charge is 2.34. The number of furan rings is 1. The van der Waals surface area contributed by atoms with Gasteiger partial charge in [-0.1, -0.05) is 29.5 Å². The molecule has 0 spiro atoms. The summed E-state index contributed by atoms with van der Waals surface area (Å²) < 4.78 is 18.4. The Bertz CT molecular complexity index is 1360. The molecule has 0 saturated carbocycles. The van der Waals surface area contributed by atoms with Gasteiger partial charge in [-0.25, -0.2) is 9.79 Å². The summed E-state index contributed by atoms with van der Waals surface area (Å²) in [5.41, 5.74) is 1.25. The number of carbonyl (C=O) groups excluding carboxylic acids is 1. The Balaban J connectivity index is 2.00. The van der Waals surface area contributed by atoms with E-state index in [9.17, 15) is 9.59 Å². The van der Waals surface area contributed by atoms with E-state index in [2.05, 4.69) is 4.99 Å². The Kier molecular flexibility index (Phi) is 5.65. The fraction of sp³-hybridized carbons (Fsp3) is 0.261. The summed E-state index contributed by atoms with van der Waals surface area (Å²) in [6.45, 7) is 5.56. The molecule has 1 aliphatic heterocycles. The van der Waals surface area contributed by atoms with Crippen LogP contribution in [0.4, 0.5) is 0 Å². The topological polar surface area (TPSA) is 83.0 Å². The number of allylic oxidation sites excluding steroid dienone is 1. The summed E-state index contributed by atoms with van der Waals surface area (Å²) in [7, 11) is 1.56. The Morgan fingerprint density at radius 1 is 1.26 bits per heavy atom. The number of esters is 1. The van der Waals surface area contributed by atoms with Crippen LogP contribution in [0.1, 0.15) is 37.0 Å². The minimum Gasteiger partial charge on any atom is -0.496 e. The van der Waals surface area contributed by atoms with E-state index in [4.69, 9.17) is 13.9 Å². The molecule has 160 valence electrons. The van der Waals surface area contributed by atoms with E-state index in [1.165, 1.54) is 15.9 Å². The van der Waals surface area contributed by atoms with Crippen molar-refractivity contribution in [2.24, 2.45) is 4.99 Å². The summed E-state index contributed by atoms with van der Waals surface area (Å²) in [5.74, 6) is 1.40. The molecule has 1 aromatic carbocycles. The molecular formula is C23H22N2O5S. The van der Waals surface area contributed by atoms with Crippen molar-refractivity contribution >= 4 is 23.4 Å². The molecule has 1 atom stereocenters. The Hall–Kier alpha value is -3.39. The summed E-state index contributed by atoms with van der Waals surface area (Å²) in [5, 5.41) is 0. The number of ether oxygens (including phenoxy) is 2. The lowest BCUT2D eigenvalue weighted by atomic mass is 9.95. The van der Waals surface area contributed by atoms with Crippen LogP contribution in [0.3, 0.4) is 0 Å². The third-order valence-electron chi connectivity index (χ3n) is 4.99. The van der Waals surface area contributed by atoms with E-state index in [0.29, 0.717) is 37.7 Å². The van der Waals surface area contributed by atoms with Crippen molar-refractivity contribution in [3.05, 3.63) is 84.4 Å². The van der Waals surface area contributed by atoms with Crippen molar-refractivity contribution in [2.45, 2.75) is 26.8 Å². The quantitative estimate of drug-likeness (QED) is 0.572. The van der Waals surface area contributed by atoms with E-state index >= 15 is 0 Å². The zero-order chi connectivity index (χ0) is 22.1. The molecule has 0 N–H and O–H groups in total. The van der Waals surface area contributed by atoms with E-state index in [1.54, 1.807) is 39.2 Å². The van der Waals surface area contributed by atoms with E-state index in [0.717, 1.165) is 5.76 Å². The maximum Gasteiger partial charge on any atom is 0.338 e. The molecule has 0 unspecified atom stereocenters. The van der Waals surface area contributed by atoms with Gasteiger partial charge in [-0.15, -0.1) is 0 Å². The first-order valence-electron chi connectivity index (χ1n) is 9.83. The molecule has 0 radical (unpaired) electrons. The largest absolute Gasteiger partial charge is 0.496 e. The Morgan fingerprint density at radius 3 is 2.71 bits per heavy atom. The van der Waals surface area contributed by atoms with Crippen molar-refractivity contribution in [1.29, 1.82) is 0 Å². The zero-order valence-corrected chi connectivity index (χ0v) is 18.5. The predicted molar refractivity (Wildman–Crippen MR) is 117 cm³/mol. The second kappa shape index (κ2) is 8.39. The van der Waals surface area contributed by atoms with Gasteiger partial charge in [0, 0.05) is 11.6 Å². The van der Waals surface area contributed by atoms with Gasteiger partial charge in [0.2, 0.25) is 0 Å². The first-order valence-corrected chi connectivity index (χ1v) is 10.6. The first-order chi connectivity index (χ1) is 14.9. The molecule has 4 rings (SSSR count). The van der Waals surface area contributed by atoms with E-state index < -0.39 is 12.0 Å². The number of hydrogen-bond acceptors (Lipinski definition) is 7. The summed E-state index contributed by atoms with van der Waals surface area (Å²) >= 11 is 1.25. The number of benzene rings is 1. The average Bonchev–Trinajstić information content (AvgIpc) is 3.29. The molecule has 3 aromatic rings. The number of carbonyl (C=O) groups is 1. The number of thiazole rings is 1. The fourth-order valence-corrected chi connectivity index (χ4v) is 4.66. The molecule has 7 nitrogen and oxygen atoms in total. The molecule has 1 aliphatic rings. The van der Waals surface area contributed by atoms with Crippen LogP contribution in [0.15, 0.2) is 61.9 Å². The van der Waals surface area contributed by atoms with Crippen molar-refractivity contribution in [1.82, 2.24) is 4.57 Å². The number of nitrogens with zero attached hydrogens (tertiary/aromatic N) is 2. The van der Waals surface area contributed by atoms with Gasteiger partial charge in [-0.3, -0.25) is 9.36 Å². The molecule has 0 amide bonds. The molecular weight excluding hydrogens is 416 g/mol. The smallest absolute Gasteiger partial charge is 0.338 e. The van der Waals surface area contributed by atoms with Crippen LogP contribution < -0.4 is 19.6 Å². The highest BCUT2D eigenvalue weighted by atomic mass is 32.1. The minimum absolute atomic E-state index is 0.219. The van der Waals surface area contributed by atoms with Crippen molar-refractivity contribution in [3.63, 3.8) is 0 Å².